The average molecular weight is 292 g/mol. The highest BCUT2D eigenvalue weighted by atomic mass is 79.9. The molecule has 1 heterocycles. The zero-order valence-electron chi connectivity index (χ0n) is 9.87. The molecule has 0 aliphatic carbocycles. The maximum absolute atomic E-state index is 4.53. The van der Waals surface area contributed by atoms with Gasteiger partial charge in [0.15, 0.2) is 5.82 Å². The molecule has 2 aromatic rings. The molecule has 0 amide bonds. The van der Waals surface area contributed by atoms with Crippen molar-refractivity contribution in [3.05, 3.63) is 46.2 Å². The van der Waals surface area contributed by atoms with Crippen molar-refractivity contribution in [2.45, 2.75) is 13.5 Å². The van der Waals surface area contributed by atoms with Crippen molar-refractivity contribution in [3.8, 4) is 11.4 Å². The van der Waals surface area contributed by atoms with Gasteiger partial charge in [-0.3, -0.25) is 0 Å². The summed E-state index contributed by atoms with van der Waals surface area (Å²) in [5.41, 5.74) is 3.04. The average Bonchev–Trinajstić information content (AvgIpc) is 2.29. The highest BCUT2D eigenvalue weighted by Crippen LogP contribution is 2.19. The number of benzene rings is 1. The molecule has 0 aliphatic heterocycles. The molecule has 1 aromatic heterocycles. The Hall–Kier alpha value is -1.26. The Morgan fingerprint density at radius 3 is 2.53 bits per heavy atom. The molecular weight excluding hydrogens is 278 g/mol. The lowest BCUT2D eigenvalue weighted by Crippen LogP contribution is -2.08. The van der Waals surface area contributed by atoms with Gasteiger partial charge in [-0.15, -0.1) is 0 Å². The first-order valence-electron chi connectivity index (χ1n) is 5.44. The molecule has 0 fully saturated rings. The molecule has 0 saturated heterocycles. The predicted molar refractivity (Wildman–Crippen MR) is 72.7 cm³/mol. The summed E-state index contributed by atoms with van der Waals surface area (Å²) in [7, 11) is 1.91. The van der Waals surface area contributed by atoms with Crippen LogP contribution in [0.5, 0.6) is 0 Å². The minimum absolute atomic E-state index is 0.757. The van der Waals surface area contributed by atoms with Crippen molar-refractivity contribution in [2.24, 2.45) is 0 Å². The first kappa shape index (κ1) is 12.2. The van der Waals surface area contributed by atoms with Crippen LogP contribution < -0.4 is 5.32 Å². The van der Waals surface area contributed by atoms with Crippen molar-refractivity contribution in [1.82, 2.24) is 15.3 Å². The third-order valence-corrected chi connectivity index (χ3v) is 2.90. The number of hydrogen-bond acceptors (Lipinski definition) is 3. The third-order valence-electron chi connectivity index (χ3n) is 2.37. The van der Waals surface area contributed by atoms with E-state index in [1.807, 2.05) is 44.3 Å². The molecule has 0 aliphatic rings. The quantitative estimate of drug-likeness (QED) is 0.945. The van der Waals surface area contributed by atoms with Gasteiger partial charge in [0, 0.05) is 22.3 Å². The first-order valence-corrected chi connectivity index (χ1v) is 6.23. The summed E-state index contributed by atoms with van der Waals surface area (Å²) in [6.07, 6.45) is 0. The monoisotopic (exact) mass is 291 g/mol. The molecule has 0 radical (unpaired) electrons. The Labute approximate surface area is 109 Å². The molecular formula is C13H14BrN3. The molecule has 1 N–H and O–H groups in total. The number of aryl methyl sites for hydroxylation is 1. The van der Waals surface area contributed by atoms with Crippen molar-refractivity contribution < 1.29 is 0 Å². The van der Waals surface area contributed by atoms with Crippen LogP contribution in [0.4, 0.5) is 0 Å². The third kappa shape index (κ3) is 3.11. The lowest BCUT2D eigenvalue weighted by Gasteiger charge is -2.05. The van der Waals surface area contributed by atoms with Crippen LogP contribution in [-0.4, -0.2) is 17.0 Å². The van der Waals surface area contributed by atoms with Crippen LogP contribution in [0, 0.1) is 6.92 Å². The maximum Gasteiger partial charge on any atom is 0.159 e. The van der Waals surface area contributed by atoms with Gasteiger partial charge >= 0.3 is 0 Å². The van der Waals surface area contributed by atoms with Gasteiger partial charge in [0.05, 0.1) is 5.69 Å². The molecule has 0 bridgehead atoms. The fourth-order valence-electron chi connectivity index (χ4n) is 1.63. The summed E-state index contributed by atoms with van der Waals surface area (Å²) >= 11 is 3.42. The minimum Gasteiger partial charge on any atom is -0.314 e. The van der Waals surface area contributed by atoms with Gasteiger partial charge in [0.25, 0.3) is 0 Å². The number of hydrogen-bond donors (Lipinski definition) is 1. The van der Waals surface area contributed by atoms with E-state index in [1.54, 1.807) is 0 Å². The zero-order valence-corrected chi connectivity index (χ0v) is 11.5. The van der Waals surface area contributed by atoms with Gasteiger partial charge in [-0.25, -0.2) is 9.97 Å². The Balaban J connectivity index is 2.40. The van der Waals surface area contributed by atoms with E-state index in [4.69, 9.17) is 0 Å². The van der Waals surface area contributed by atoms with Crippen LogP contribution in [-0.2, 0) is 6.54 Å². The molecule has 0 atom stereocenters. The number of rotatable bonds is 3. The van der Waals surface area contributed by atoms with E-state index in [2.05, 4.69) is 31.2 Å². The summed E-state index contributed by atoms with van der Waals surface area (Å²) in [5.74, 6) is 0.780. The fraction of sp³-hybridized carbons (Fsp3) is 0.231. The highest BCUT2D eigenvalue weighted by molar-refractivity contribution is 9.10. The summed E-state index contributed by atoms with van der Waals surface area (Å²) in [4.78, 5) is 9.00. The van der Waals surface area contributed by atoms with Gasteiger partial charge in [-0.05, 0) is 32.2 Å². The first-order chi connectivity index (χ1) is 8.19. The molecule has 0 saturated carbocycles. The Morgan fingerprint density at radius 1 is 1.18 bits per heavy atom. The lowest BCUT2D eigenvalue weighted by atomic mass is 10.2. The zero-order chi connectivity index (χ0) is 12.3. The molecule has 4 heteroatoms. The summed E-state index contributed by atoms with van der Waals surface area (Å²) in [5, 5.41) is 3.10. The highest BCUT2D eigenvalue weighted by Gasteiger charge is 2.04. The van der Waals surface area contributed by atoms with Crippen LogP contribution >= 0.6 is 15.9 Å². The predicted octanol–water partition coefficient (Wildman–Crippen LogP) is 2.93. The summed E-state index contributed by atoms with van der Waals surface area (Å²) < 4.78 is 1.06. The standard InChI is InChI=1S/C13H14BrN3/c1-9-7-12(8-15-2)17-13(16-9)10-3-5-11(14)6-4-10/h3-7,15H,8H2,1-2H3. The van der Waals surface area contributed by atoms with E-state index in [0.717, 1.165) is 33.8 Å². The second kappa shape index (κ2) is 5.38. The van der Waals surface area contributed by atoms with Gasteiger partial charge in [0.2, 0.25) is 0 Å². The minimum atomic E-state index is 0.757. The normalized spacial score (nSPS) is 10.5. The number of nitrogens with one attached hydrogen (secondary N) is 1. The molecule has 0 spiro atoms. The van der Waals surface area contributed by atoms with E-state index in [9.17, 15) is 0 Å². The van der Waals surface area contributed by atoms with Gasteiger partial charge in [0.1, 0.15) is 0 Å². The summed E-state index contributed by atoms with van der Waals surface area (Å²) in [6, 6.07) is 10.0. The number of aromatic nitrogens is 2. The summed E-state index contributed by atoms with van der Waals surface area (Å²) in [6.45, 7) is 2.75. The maximum atomic E-state index is 4.53. The topological polar surface area (TPSA) is 37.8 Å². The number of nitrogens with zero attached hydrogens (tertiary/aromatic N) is 2. The van der Waals surface area contributed by atoms with E-state index in [1.165, 1.54) is 0 Å². The van der Waals surface area contributed by atoms with E-state index in [0.29, 0.717) is 0 Å². The van der Waals surface area contributed by atoms with Crippen LogP contribution in [0.3, 0.4) is 0 Å². The van der Waals surface area contributed by atoms with Crippen LogP contribution in [0.25, 0.3) is 11.4 Å². The van der Waals surface area contributed by atoms with Gasteiger partial charge in [-0.2, -0.15) is 0 Å². The largest absolute Gasteiger partial charge is 0.314 e. The molecule has 17 heavy (non-hydrogen) atoms. The van der Waals surface area contributed by atoms with Crippen molar-refractivity contribution in [2.75, 3.05) is 7.05 Å². The van der Waals surface area contributed by atoms with Crippen LogP contribution in [0.2, 0.25) is 0 Å². The molecule has 0 unspecified atom stereocenters. The molecule has 3 nitrogen and oxygen atoms in total. The smallest absolute Gasteiger partial charge is 0.159 e. The van der Waals surface area contributed by atoms with E-state index < -0.39 is 0 Å². The van der Waals surface area contributed by atoms with Crippen molar-refractivity contribution >= 4 is 15.9 Å². The second-order valence-electron chi connectivity index (χ2n) is 3.86. The number of halogens is 1. The van der Waals surface area contributed by atoms with Crippen LogP contribution in [0.1, 0.15) is 11.4 Å². The Kier molecular flexibility index (Phi) is 3.86. The molecule has 88 valence electrons. The Morgan fingerprint density at radius 2 is 1.88 bits per heavy atom. The van der Waals surface area contributed by atoms with E-state index >= 15 is 0 Å². The Bertz CT molecular complexity index is 509. The lowest BCUT2D eigenvalue weighted by molar-refractivity contribution is 0.785. The van der Waals surface area contributed by atoms with Crippen molar-refractivity contribution in [3.63, 3.8) is 0 Å². The SMILES string of the molecule is CNCc1cc(C)nc(-c2ccc(Br)cc2)n1. The van der Waals surface area contributed by atoms with Crippen molar-refractivity contribution in [1.29, 1.82) is 0 Å². The van der Waals surface area contributed by atoms with E-state index in [-0.39, 0.29) is 0 Å². The van der Waals surface area contributed by atoms with Crippen LogP contribution in [0.15, 0.2) is 34.8 Å². The van der Waals surface area contributed by atoms with Gasteiger partial charge < -0.3 is 5.32 Å². The van der Waals surface area contributed by atoms with Gasteiger partial charge in [-0.1, -0.05) is 28.1 Å². The second-order valence-corrected chi connectivity index (χ2v) is 4.78. The molecule has 1 aromatic carbocycles. The molecule has 2 rings (SSSR count). The fourth-order valence-corrected chi connectivity index (χ4v) is 1.90.